The Bertz CT molecular complexity index is 566. The predicted molar refractivity (Wildman–Crippen MR) is 64.3 cm³/mol. The SMILES string of the molecule is CC(NC(=O)c1cc([N+](=O)[O-])cc([N+](=O)[O-])c1)C(=O)O. The van der Waals surface area contributed by atoms with Gasteiger partial charge in [-0.05, 0) is 6.92 Å². The van der Waals surface area contributed by atoms with Crippen molar-refractivity contribution in [2.45, 2.75) is 13.0 Å². The summed E-state index contributed by atoms with van der Waals surface area (Å²) in [7, 11) is 0. The van der Waals surface area contributed by atoms with E-state index in [1.165, 1.54) is 6.92 Å². The van der Waals surface area contributed by atoms with Crippen molar-refractivity contribution in [1.29, 1.82) is 0 Å². The highest BCUT2D eigenvalue weighted by Crippen LogP contribution is 2.22. The molecule has 1 aromatic rings. The van der Waals surface area contributed by atoms with Crippen LogP contribution < -0.4 is 5.32 Å². The molecule has 1 atom stereocenters. The van der Waals surface area contributed by atoms with Gasteiger partial charge in [-0.1, -0.05) is 0 Å². The van der Waals surface area contributed by atoms with Gasteiger partial charge in [0.05, 0.1) is 21.5 Å². The van der Waals surface area contributed by atoms with E-state index in [4.69, 9.17) is 5.11 Å². The summed E-state index contributed by atoms with van der Waals surface area (Å²) in [4.78, 5) is 41.8. The Balaban J connectivity index is 3.16. The van der Waals surface area contributed by atoms with Gasteiger partial charge in [-0.15, -0.1) is 0 Å². The zero-order valence-electron chi connectivity index (χ0n) is 10.1. The van der Waals surface area contributed by atoms with Crippen molar-refractivity contribution in [3.63, 3.8) is 0 Å². The summed E-state index contributed by atoms with van der Waals surface area (Å²) in [5.74, 6) is -2.26. The molecule has 0 bridgehead atoms. The van der Waals surface area contributed by atoms with Gasteiger partial charge in [-0.3, -0.25) is 29.8 Å². The van der Waals surface area contributed by atoms with Gasteiger partial charge in [0.2, 0.25) is 0 Å². The van der Waals surface area contributed by atoms with Crippen LogP contribution in [0.4, 0.5) is 11.4 Å². The molecule has 0 saturated heterocycles. The van der Waals surface area contributed by atoms with Crippen LogP contribution in [0.15, 0.2) is 18.2 Å². The van der Waals surface area contributed by atoms with Crippen LogP contribution in [-0.4, -0.2) is 32.9 Å². The number of non-ortho nitro benzene ring substituents is 2. The lowest BCUT2D eigenvalue weighted by Crippen LogP contribution is -2.38. The minimum absolute atomic E-state index is 0.362. The molecular weight excluding hydrogens is 274 g/mol. The first-order valence-electron chi connectivity index (χ1n) is 5.20. The van der Waals surface area contributed by atoms with Gasteiger partial charge in [0.1, 0.15) is 6.04 Å². The number of hydrogen-bond acceptors (Lipinski definition) is 6. The second kappa shape index (κ2) is 5.73. The largest absolute Gasteiger partial charge is 0.480 e. The second-order valence-corrected chi connectivity index (χ2v) is 3.79. The molecular formula is C10H9N3O7. The molecule has 0 aliphatic heterocycles. The molecule has 10 nitrogen and oxygen atoms in total. The Hall–Kier alpha value is -3.04. The zero-order chi connectivity index (χ0) is 15.4. The predicted octanol–water partition coefficient (Wildman–Crippen LogP) is 0.706. The van der Waals surface area contributed by atoms with Gasteiger partial charge < -0.3 is 10.4 Å². The van der Waals surface area contributed by atoms with Crippen LogP contribution in [0.25, 0.3) is 0 Å². The van der Waals surface area contributed by atoms with Crippen molar-refractivity contribution in [3.8, 4) is 0 Å². The van der Waals surface area contributed by atoms with Crippen LogP contribution in [0.3, 0.4) is 0 Å². The van der Waals surface area contributed by atoms with Gasteiger partial charge in [0.25, 0.3) is 17.3 Å². The number of rotatable bonds is 5. The number of nitro groups is 2. The number of aliphatic carboxylic acids is 1. The maximum Gasteiger partial charge on any atom is 0.325 e. The summed E-state index contributed by atoms with van der Waals surface area (Å²) in [6.45, 7) is 1.19. The topological polar surface area (TPSA) is 153 Å². The van der Waals surface area contributed by atoms with Gasteiger partial charge in [-0.2, -0.15) is 0 Å². The summed E-state index contributed by atoms with van der Waals surface area (Å²) >= 11 is 0. The lowest BCUT2D eigenvalue weighted by Gasteiger charge is -2.08. The molecule has 0 radical (unpaired) electrons. The van der Waals surface area contributed by atoms with Crippen LogP contribution in [0.5, 0.6) is 0 Å². The minimum Gasteiger partial charge on any atom is -0.480 e. The number of carbonyl (C=O) groups is 2. The van der Waals surface area contributed by atoms with Crippen LogP contribution in [0, 0.1) is 20.2 Å². The van der Waals surface area contributed by atoms with E-state index in [0.717, 1.165) is 12.1 Å². The second-order valence-electron chi connectivity index (χ2n) is 3.79. The molecule has 1 amide bonds. The average Bonchev–Trinajstić information content (AvgIpc) is 2.37. The molecule has 1 aromatic carbocycles. The molecule has 20 heavy (non-hydrogen) atoms. The highest BCUT2D eigenvalue weighted by Gasteiger charge is 2.22. The normalized spacial score (nSPS) is 11.4. The summed E-state index contributed by atoms with van der Waals surface area (Å²) in [6, 6.07) is 1.13. The van der Waals surface area contributed by atoms with Gasteiger partial charge in [0.15, 0.2) is 0 Å². The van der Waals surface area contributed by atoms with Crippen LogP contribution in [0.2, 0.25) is 0 Å². The fourth-order valence-corrected chi connectivity index (χ4v) is 1.28. The Kier molecular flexibility index (Phi) is 4.31. The molecule has 0 aliphatic rings. The van der Waals surface area contributed by atoms with Gasteiger partial charge in [0, 0.05) is 12.1 Å². The van der Waals surface area contributed by atoms with Crippen LogP contribution in [0.1, 0.15) is 17.3 Å². The lowest BCUT2D eigenvalue weighted by molar-refractivity contribution is -0.394. The fourth-order valence-electron chi connectivity index (χ4n) is 1.28. The molecule has 2 N–H and O–H groups in total. The van der Waals surface area contributed by atoms with Crippen molar-refractivity contribution < 1.29 is 24.5 Å². The van der Waals surface area contributed by atoms with Gasteiger partial charge in [-0.25, -0.2) is 0 Å². The summed E-state index contributed by atoms with van der Waals surface area (Å²) in [5.41, 5.74) is -1.63. The first-order chi connectivity index (χ1) is 9.22. The monoisotopic (exact) mass is 283 g/mol. The quantitative estimate of drug-likeness (QED) is 0.595. The molecule has 1 unspecified atom stereocenters. The number of hydrogen-bond donors (Lipinski definition) is 2. The van der Waals surface area contributed by atoms with Crippen molar-refractivity contribution in [2.75, 3.05) is 0 Å². The van der Waals surface area contributed by atoms with Crippen molar-refractivity contribution in [1.82, 2.24) is 5.32 Å². The van der Waals surface area contributed by atoms with E-state index in [-0.39, 0.29) is 5.56 Å². The number of nitrogens with one attached hydrogen (secondary N) is 1. The molecule has 106 valence electrons. The smallest absolute Gasteiger partial charge is 0.325 e. The highest BCUT2D eigenvalue weighted by atomic mass is 16.6. The number of amides is 1. The average molecular weight is 283 g/mol. The first kappa shape index (κ1) is 15.0. The fraction of sp³-hybridized carbons (Fsp3) is 0.200. The third-order valence-electron chi connectivity index (χ3n) is 2.30. The summed E-state index contributed by atoms with van der Waals surface area (Å²) in [5, 5.41) is 32.0. The highest BCUT2D eigenvalue weighted by molar-refractivity contribution is 5.97. The van der Waals surface area contributed by atoms with Gasteiger partial charge >= 0.3 is 5.97 Å². The number of carboxylic acids is 1. The Morgan fingerprint density at radius 1 is 1.15 bits per heavy atom. The number of benzene rings is 1. The summed E-state index contributed by atoms with van der Waals surface area (Å²) in [6.07, 6.45) is 0. The van der Waals surface area contributed by atoms with Crippen molar-refractivity contribution >= 4 is 23.3 Å². The zero-order valence-corrected chi connectivity index (χ0v) is 10.1. The molecule has 1 rings (SSSR count). The number of carboxylic acid groups (broad SMARTS) is 1. The van der Waals surface area contributed by atoms with E-state index in [0.29, 0.717) is 6.07 Å². The molecule has 0 spiro atoms. The van der Waals surface area contributed by atoms with E-state index in [1.807, 2.05) is 5.32 Å². The Morgan fingerprint density at radius 3 is 1.95 bits per heavy atom. The number of nitro benzene ring substituents is 2. The van der Waals surface area contributed by atoms with Crippen molar-refractivity contribution in [2.24, 2.45) is 0 Å². The Labute approximate surface area is 111 Å². The van der Waals surface area contributed by atoms with E-state index >= 15 is 0 Å². The maximum atomic E-state index is 11.7. The molecule has 0 fully saturated rings. The minimum atomic E-state index is -1.31. The van der Waals surface area contributed by atoms with Crippen LogP contribution >= 0.6 is 0 Å². The first-order valence-corrected chi connectivity index (χ1v) is 5.20. The van der Waals surface area contributed by atoms with E-state index in [9.17, 15) is 29.8 Å². The Morgan fingerprint density at radius 2 is 1.60 bits per heavy atom. The third-order valence-corrected chi connectivity index (χ3v) is 2.30. The molecule has 0 saturated carbocycles. The number of carbonyl (C=O) groups excluding carboxylic acids is 1. The third kappa shape index (κ3) is 3.48. The van der Waals surface area contributed by atoms with E-state index in [2.05, 4.69) is 0 Å². The number of nitrogens with zero attached hydrogens (tertiary/aromatic N) is 2. The maximum absolute atomic E-state index is 11.7. The van der Waals surface area contributed by atoms with E-state index in [1.54, 1.807) is 0 Å². The lowest BCUT2D eigenvalue weighted by atomic mass is 10.1. The van der Waals surface area contributed by atoms with Crippen molar-refractivity contribution in [3.05, 3.63) is 44.0 Å². The molecule has 0 aliphatic carbocycles. The van der Waals surface area contributed by atoms with Crippen LogP contribution in [-0.2, 0) is 4.79 Å². The standard InChI is InChI=1S/C10H9N3O7/c1-5(10(15)16)11-9(14)6-2-7(12(17)18)4-8(3-6)13(19)20/h2-5H,1H3,(H,11,14)(H,15,16). The molecule has 10 heteroatoms. The molecule has 0 aromatic heterocycles. The molecule has 0 heterocycles. The van der Waals surface area contributed by atoms with E-state index < -0.39 is 39.1 Å². The summed E-state index contributed by atoms with van der Waals surface area (Å²) < 4.78 is 0.